The Morgan fingerprint density at radius 1 is 1.21 bits per heavy atom. The Morgan fingerprint density at radius 3 is 3.00 bits per heavy atom. The van der Waals surface area contributed by atoms with E-state index in [9.17, 15) is 4.79 Å². The molecule has 28 heavy (non-hydrogen) atoms. The molecule has 0 aliphatic rings. The monoisotopic (exact) mass is 394 g/mol. The normalized spacial score (nSPS) is 10.7. The maximum absolute atomic E-state index is 11.7. The van der Waals surface area contributed by atoms with Gasteiger partial charge in [-0.2, -0.15) is 4.98 Å². The fourth-order valence-electron chi connectivity index (χ4n) is 2.67. The largest absolute Gasteiger partial charge is 0.413 e. The van der Waals surface area contributed by atoms with Gasteiger partial charge in [0.25, 0.3) is 0 Å². The lowest BCUT2D eigenvalue weighted by Gasteiger charge is -2.08. The Hall–Kier alpha value is -3.46. The van der Waals surface area contributed by atoms with Gasteiger partial charge in [0.05, 0.1) is 11.9 Å². The van der Waals surface area contributed by atoms with Gasteiger partial charge >= 0.3 is 6.09 Å². The van der Waals surface area contributed by atoms with Crippen LogP contribution in [0.2, 0.25) is 0 Å². The van der Waals surface area contributed by atoms with Gasteiger partial charge in [0, 0.05) is 37.1 Å². The van der Waals surface area contributed by atoms with E-state index < -0.39 is 6.09 Å². The summed E-state index contributed by atoms with van der Waals surface area (Å²) in [5, 5.41) is 9.30. The zero-order chi connectivity index (χ0) is 19.2. The number of hydrogen-bond acceptors (Lipinski definition) is 7. The van der Waals surface area contributed by atoms with E-state index in [0.717, 1.165) is 23.1 Å². The molecule has 8 nitrogen and oxygen atoms in total. The Kier molecular flexibility index (Phi) is 5.43. The molecule has 1 amide bonds. The van der Waals surface area contributed by atoms with E-state index in [0.29, 0.717) is 24.1 Å². The molecule has 9 heteroatoms. The van der Waals surface area contributed by atoms with Crippen LogP contribution < -0.4 is 15.4 Å². The predicted molar refractivity (Wildman–Crippen MR) is 108 cm³/mol. The van der Waals surface area contributed by atoms with E-state index in [2.05, 4.69) is 25.6 Å². The quantitative estimate of drug-likeness (QED) is 0.463. The van der Waals surface area contributed by atoms with Crippen LogP contribution in [0, 0.1) is 0 Å². The summed E-state index contributed by atoms with van der Waals surface area (Å²) in [5.74, 6) is 0.512. The highest BCUT2D eigenvalue weighted by Gasteiger charge is 2.07. The van der Waals surface area contributed by atoms with E-state index in [1.165, 1.54) is 11.3 Å². The van der Waals surface area contributed by atoms with E-state index >= 15 is 0 Å². The van der Waals surface area contributed by atoms with Crippen LogP contribution in [0.25, 0.3) is 11.0 Å². The molecular weight excluding hydrogens is 376 g/mol. The summed E-state index contributed by atoms with van der Waals surface area (Å²) in [4.78, 5) is 24.7. The molecule has 4 rings (SSSR count). The predicted octanol–water partition coefficient (Wildman–Crippen LogP) is 3.81. The molecule has 0 saturated carbocycles. The molecule has 4 aromatic heterocycles. The molecule has 0 aliphatic carbocycles. The molecule has 0 spiro atoms. The summed E-state index contributed by atoms with van der Waals surface area (Å²) in [6.45, 7) is 1.22. The van der Waals surface area contributed by atoms with Crippen LogP contribution in [-0.4, -0.2) is 32.2 Å². The number of carbonyl (C=O) groups is 1. The van der Waals surface area contributed by atoms with Crippen molar-refractivity contribution in [3.63, 3.8) is 0 Å². The van der Waals surface area contributed by atoms with Crippen molar-refractivity contribution in [1.82, 2.24) is 24.8 Å². The van der Waals surface area contributed by atoms with Crippen LogP contribution in [0.5, 0.6) is 5.06 Å². The fraction of sp³-hybridized carbons (Fsp3) is 0.158. The number of rotatable bonds is 7. The molecule has 0 atom stereocenters. The topological polar surface area (TPSA) is 94.0 Å². The maximum atomic E-state index is 11.7. The van der Waals surface area contributed by atoms with Crippen molar-refractivity contribution in [2.75, 3.05) is 11.9 Å². The Bertz CT molecular complexity index is 1050. The van der Waals surface area contributed by atoms with Crippen LogP contribution in [0.15, 0.2) is 60.5 Å². The standard InChI is InChI=1S/C19H18N6O2S/c26-19(27-16-5-2-11-28-16)21-8-3-9-25-10-6-14-12-22-18(24-17(14)25)23-15-4-1-7-20-13-15/h1-2,4-7,10-13H,3,8-9H2,(H,21,26)(H,22,23,24). The van der Waals surface area contributed by atoms with Crippen molar-refractivity contribution < 1.29 is 9.53 Å². The van der Waals surface area contributed by atoms with Crippen LogP contribution in [0.3, 0.4) is 0 Å². The number of anilines is 2. The lowest BCUT2D eigenvalue weighted by Crippen LogP contribution is -2.28. The number of aryl methyl sites for hydroxylation is 1. The van der Waals surface area contributed by atoms with Crippen LogP contribution >= 0.6 is 11.3 Å². The molecule has 0 bridgehead atoms. The lowest BCUT2D eigenvalue weighted by atomic mass is 10.4. The number of amides is 1. The zero-order valence-electron chi connectivity index (χ0n) is 14.9. The minimum Gasteiger partial charge on any atom is -0.399 e. The highest BCUT2D eigenvalue weighted by atomic mass is 32.1. The molecule has 4 aromatic rings. The Balaban J connectivity index is 1.33. The minimum atomic E-state index is -0.440. The second-order valence-corrected chi connectivity index (χ2v) is 6.86. The third kappa shape index (κ3) is 4.44. The molecule has 0 aromatic carbocycles. The van der Waals surface area contributed by atoms with E-state index in [-0.39, 0.29) is 0 Å². The van der Waals surface area contributed by atoms with Crippen molar-refractivity contribution in [3.05, 3.63) is 60.5 Å². The number of thiophene rings is 1. The molecule has 0 fully saturated rings. The number of pyridine rings is 1. The van der Waals surface area contributed by atoms with E-state index in [1.807, 2.05) is 40.4 Å². The summed E-state index contributed by atoms with van der Waals surface area (Å²) in [6, 6.07) is 9.32. The van der Waals surface area contributed by atoms with E-state index in [1.54, 1.807) is 24.7 Å². The van der Waals surface area contributed by atoms with E-state index in [4.69, 9.17) is 4.74 Å². The summed E-state index contributed by atoms with van der Waals surface area (Å²) >= 11 is 1.38. The minimum absolute atomic E-state index is 0.440. The average Bonchev–Trinajstić information content (AvgIpc) is 3.36. The molecule has 142 valence electrons. The third-order valence-electron chi connectivity index (χ3n) is 3.95. The first-order valence-electron chi connectivity index (χ1n) is 8.76. The number of nitrogens with zero attached hydrogens (tertiary/aromatic N) is 4. The molecular formula is C19H18N6O2S. The number of aromatic nitrogens is 4. The van der Waals surface area contributed by atoms with Gasteiger partial charge in [0.1, 0.15) is 5.65 Å². The summed E-state index contributed by atoms with van der Waals surface area (Å²) in [5.41, 5.74) is 1.66. The van der Waals surface area contributed by atoms with Gasteiger partial charge in [-0.3, -0.25) is 4.98 Å². The van der Waals surface area contributed by atoms with Crippen molar-refractivity contribution in [2.45, 2.75) is 13.0 Å². The molecule has 2 N–H and O–H groups in total. The van der Waals surface area contributed by atoms with Gasteiger partial charge in [-0.15, -0.1) is 11.3 Å². The lowest BCUT2D eigenvalue weighted by molar-refractivity contribution is 0.201. The number of ether oxygens (including phenoxy) is 1. The second-order valence-electron chi connectivity index (χ2n) is 5.95. The first kappa shape index (κ1) is 17.9. The summed E-state index contributed by atoms with van der Waals surface area (Å²) in [7, 11) is 0. The van der Waals surface area contributed by atoms with Gasteiger partial charge in [0.15, 0.2) is 5.06 Å². The van der Waals surface area contributed by atoms with Gasteiger partial charge in [0.2, 0.25) is 5.95 Å². The number of fused-ring (bicyclic) bond motifs is 1. The summed E-state index contributed by atoms with van der Waals surface area (Å²) in [6.07, 6.45) is 7.49. The second kappa shape index (κ2) is 8.49. The van der Waals surface area contributed by atoms with Crippen LogP contribution in [0.1, 0.15) is 6.42 Å². The third-order valence-corrected chi connectivity index (χ3v) is 4.70. The number of carbonyl (C=O) groups excluding carboxylic acids is 1. The van der Waals surface area contributed by atoms with Gasteiger partial charge < -0.3 is 19.9 Å². The Labute approximate surface area is 165 Å². The van der Waals surface area contributed by atoms with Crippen LogP contribution in [-0.2, 0) is 6.54 Å². The number of nitrogens with one attached hydrogen (secondary N) is 2. The summed E-state index contributed by atoms with van der Waals surface area (Å²) < 4.78 is 7.20. The zero-order valence-corrected chi connectivity index (χ0v) is 15.7. The first-order chi connectivity index (χ1) is 13.8. The average molecular weight is 394 g/mol. The molecule has 0 unspecified atom stereocenters. The highest BCUT2D eigenvalue weighted by molar-refractivity contribution is 7.11. The van der Waals surface area contributed by atoms with Crippen molar-refractivity contribution in [3.8, 4) is 5.06 Å². The van der Waals surface area contributed by atoms with Gasteiger partial charge in [-0.05, 0) is 42.1 Å². The first-order valence-corrected chi connectivity index (χ1v) is 9.64. The SMILES string of the molecule is O=C(NCCCn1ccc2cnc(Nc3cccnc3)nc21)Oc1cccs1. The molecule has 4 heterocycles. The Morgan fingerprint density at radius 2 is 2.18 bits per heavy atom. The van der Waals surface area contributed by atoms with Crippen LogP contribution in [0.4, 0.5) is 16.4 Å². The smallest absolute Gasteiger partial charge is 0.399 e. The molecule has 0 saturated heterocycles. The molecule has 0 radical (unpaired) electrons. The van der Waals surface area contributed by atoms with Crippen molar-refractivity contribution in [1.29, 1.82) is 0 Å². The maximum Gasteiger partial charge on any atom is 0.413 e. The van der Waals surface area contributed by atoms with Crippen molar-refractivity contribution >= 4 is 40.1 Å². The van der Waals surface area contributed by atoms with Gasteiger partial charge in [-0.1, -0.05) is 0 Å². The highest BCUT2D eigenvalue weighted by Crippen LogP contribution is 2.18. The van der Waals surface area contributed by atoms with Gasteiger partial charge in [-0.25, -0.2) is 9.78 Å². The molecule has 0 aliphatic heterocycles. The van der Waals surface area contributed by atoms with Crippen molar-refractivity contribution in [2.24, 2.45) is 0 Å². The fourth-order valence-corrected chi connectivity index (χ4v) is 3.24. The number of hydrogen-bond donors (Lipinski definition) is 2.